The number of nitrogens with one attached hydrogen (secondary N) is 1. The van der Waals surface area contributed by atoms with E-state index in [0.717, 1.165) is 6.54 Å². The predicted octanol–water partition coefficient (Wildman–Crippen LogP) is 4.30. The van der Waals surface area contributed by atoms with E-state index in [0.29, 0.717) is 6.04 Å². The standard InChI is InChI=1S/C16H31N3/c1-6-8-10-14(9-7-2)19-13-17-11-15(19)12-18-16(3,4)5/h11,13-14,18H,6-10,12H2,1-5H3. The van der Waals surface area contributed by atoms with Crippen molar-refractivity contribution >= 4 is 0 Å². The summed E-state index contributed by atoms with van der Waals surface area (Å²) in [5.74, 6) is 0. The van der Waals surface area contributed by atoms with Crippen molar-refractivity contribution in [3.05, 3.63) is 18.2 Å². The zero-order valence-corrected chi connectivity index (χ0v) is 13.4. The average molecular weight is 265 g/mol. The summed E-state index contributed by atoms with van der Waals surface area (Å²) in [5, 5.41) is 3.56. The van der Waals surface area contributed by atoms with Crippen LogP contribution in [-0.2, 0) is 6.54 Å². The van der Waals surface area contributed by atoms with Crippen LogP contribution in [0.4, 0.5) is 0 Å². The highest BCUT2D eigenvalue weighted by atomic mass is 15.1. The largest absolute Gasteiger partial charge is 0.330 e. The van der Waals surface area contributed by atoms with E-state index >= 15 is 0 Å². The maximum absolute atomic E-state index is 4.36. The Morgan fingerprint density at radius 1 is 1.21 bits per heavy atom. The molecular formula is C16H31N3. The fourth-order valence-electron chi connectivity index (χ4n) is 2.35. The molecule has 1 aromatic heterocycles. The number of unbranched alkanes of at least 4 members (excludes halogenated alkanes) is 1. The smallest absolute Gasteiger partial charge is 0.0951 e. The van der Waals surface area contributed by atoms with Crippen LogP contribution in [0.5, 0.6) is 0 Å². The molecule has 1 unspecified atom stereocenters. The summed E-state index contributed by atoms with van der Waals surface area (Å²) < 4.78 is 2.39. The van der Waals surface area contributed by atoms with Gasteiger partial charge in [0.1, 0.15) is 0 Å². The average Bonchev–Trinajstić information content (AvgIpc) is 2.79. The molecule has 0 amide bonds. The highest BCUT2D eigenvalue weighted by Crippen LogP contribution is 2.22. The van der Waals surface area contributed by atoms with E-state index in [1.165, 1.54) is 37.8 Å². The van der Waals surface area contributed by atoms with Gasteiger partial charge in [-0.25, -0.2) is 4.98 Å². The number of hydrogen-bond acceptors (Lipinski definition) is 2. The Labute approximate surface area is 118 Å². The molecule has 0 saturated heterocycles. The van der Waals surface area contributed by atoms with Crippen molar-refractivity contribution in [2.75, 3.05) is 0 Å². The van der Waals surface area contributed by atoms with E-state index in [1.54, 1.807) is 0 Å². The second kappa shape index (κ2) is 7.68. The summed E-state index contributed by atoms with van der Waals surface area (Å²) in [6, 6.07) is 0.615. The van der Waals surface area contributed by atoms with E-state index in [2.05, 4.69) is 49.5 Å². The molecule has 1 rings (SSSR count). The highest BCUT2D eigenvalue weighted by Gasteiger charge is 2.15. The van der Waals surface area contributed by atoms with Gasteiger partial charge in [-0.2, -0.15) is 0 Å². The minimum atomic E-state index is 0.152. The first-order chi connectivity index (χ1) is 8.98. The summed E-state index contributed by atoms with van der Waals surface area (Å²) in [7, 11) is 0. The number of hydrogen-bond donors (Lipinski definition) is 1. The van der Waals surface area contributed by atoms with Crippen molar-refractivity contribution in [3.63, 3.8) is 0 Å². The molecule has 0 fully saturated rings. The molecule has 1 N–H and O–H groups in total. The maximum atomic E-state index is 4.36. The first kappa shape index (κ1) is 16.2. The van der Waals surface area contributed by atoms with Crippen LogP contribution in [0.15, 0.2) is 12.5 Å². The van der Waals surface area contributed by atoms with Gasteiger partial charge in [0.15, 0.2) is 0 Å². The van der Waals surface area contributed by atoms with E-state index in [-0.39, 0.29) is 5.54 Å². The molecule has 1 aromatic rings. The minimum Gasteiger partial charge on any atom is -0.330 e. The summed E-state index contributed by atoms with van der Waals surface area (Å²) in [4.78, 5) is 4.36. The number of aromatic nitrogens is 2. The molecule has 0 aliphatic rings. The van der Waals surface area contributed by atoms with Crippen molar-refractivity contribution in [3.8, 4) is 0 Å². The zero-order valence-electron chi connectivity index (χ0n) is 13.4. The highest BCUT2D eigenvalue weighted by molar-refractivity contribution is 5.01. The van der Waals surface area contributed by atoms with Crippen molar-refractivity contribution in [2.24, 2.45) is 0 Å². The van der Waals surface area contributed by atoms with Gasteiger partial charge in [0.05, 0.1) is 12.0 Å². The molecule has 0 spiro atoms. The first-order valence-electron chi connectivity index (χ1n) is 7.73. The number of nitrogens with zero attached hydrogens (tertiary/aromatic N) is 2. The van der Waals surface area contributed by atoms with Gasteiger partial charge in [0.25, 0.3) is 0 Å². The summed E-state index contributed by atoms with van der Waals surface area (Å²) in [5.41, 5.74) is 1.46. The molecule has 1 atom stereocenters. The fourth-order valence-corrected chi connectivity index (χ4v) is 2.35. The molecule has 3 heteroatoms. The third-order valence-corrected chi connectivity index (χ3v) is 3.45. The lowest BCUT2D eigenvalue weighted by Crippen LogP contribution is -2.35. The van der Waals surface area contributed by atoms with E-state index < -0.39 is 0 Å². The monoisotopic (exact) mass is 265 g/mol. The Morgan fingerprint density at radius 3 is 2.53 bits per heavy atom. The summed E-state index contributed by atoms with van der Waals surface area (Å²) in [6.07, 6.45) is 10.3. The van der Waals surface area contributed by atoms with Crippen molar-refractivity contribution < 1.29 is 0 Å². The van der Waals surface area contributed by atoms with Gasteiger partial charge in [-0.05, 0) is 33.6 Å². The van der Waals surface area contributed by atoms with Crippen LogP contribution in [0.25, 0.3) is 0 Å². The third-order valence-electron chi connectivity index (χ3n) is 3.45. The van der Waals surface area contributed by atoms with Gasteiger partial charge >= 0.3 is 0 Å². The fraction of sp³-hybridized carbons (Fsp3) is 0.812. The summed E-state index contributed by atoms with van der Waals surface area (Å²) in [6.45, 7) is 12.0. The second-order valence-corrected chi connectivity index (χ2v) is 6.48. The molecule has 1 heterocycles. The van der Waals surface area contributed by atoms with Gasteiger partial charge in [-0.1, -0.05) is 33.1 Å². The lowest BCUT2D eigenvalue weighted by atomic mass is 10.0. The summed E-state index contributed by atoms with van der Waals surface area (Å²) >= 11 is 0. The Balaban J connectivity index is 2.71. The predicted molar refractivity (Wildman–Crippen MR) is 82.3 cm³/mol. The van der Waals surface area contributed by atoms with Gasteiger partial charge in [0.2, 0.25) is 0 Å². The quantitative estimate of drug-likeness (QED) is 0.759. The Morgan fingerprint density at radius 2 is 1.95 bits per heavy atom. The lowest BCUT2D eigenvalue weighted by Gasteiger charge is -2.24. The first-order valence-corrected chi connectivity index (χ1v) is 7.73. The van der Waals surface area contributed by atoms with Crippen molar-refractivity contribution in [2.45, 2.75) is 84.8 Å². The Kier molecular flexibility index (Phi) is 6.56. The molecule has 0 bridgehead atoms. The number of imidazole rings is 1. The zero-order chi connectivity index (χ0) is 14.3. The van der Waals surface area contributed by atoms with Crippen LogP contribution < -0.4 is 5.32 Å². The van der Waals surface area contributed by atoms with Gasteiger partial charge in [-0.3, -0.25) is 0 Å². The topological polar surface area (TPSA) is 29.9 Å². The Hall–Kier alpha value is -0.830. The normalized spacial score (nSPS) is 13.7. The van der Waals surface area contributed by atoms with Crippen LogP contribution in [0.2, 0.25) is 0 Å². The maximum Gasteiger partial charge on any atom is 0.0951 e. The molecule has 0 saturated carbocycles. The molecule has 19 heavy (non-hydrogen) atoms. The van der Waals surface area contributed by atoms with E-state index in [9.17, 15) is 0 Å². The van der Waals surface area contributed by atoms with Crippen molar-refractivity contribution in [1.29, 1.82) is 0 Å². The minimum absolute atomic E-state index is 0.152. The van der Waals surface area contributed by atoms with Crippen molar-refractivity contribution in [1.82, 2.24) is 14.9 Å². The van der Waals surface area contributed by atoms with E-state index in [1.807, 2.05) is 12.5 Å². The molecule has 0 aliphatic carbocycles. The van der Waals surface area contributed by atoms with Gasteiger partial charge in [-0.15, -0.1) is 0 Å². The van der Waals surface area contributed by atoms with Gasteiger partial charge < -0.3 is 9.88 Å². The molecule has 3 nitrogen and oxygen atoms in total. The molecule has 0 aliphatic heterocycles. The van der Waals surface area contributed by atoms with Gasteiger partial charge in [0, 0.05) is 24.3 Å². The lowest BCUT2D eigenvalue weighted by molar-refractivity contribution is 0.380. The SMILES string of the molecule is CCCCC(CCC)n1cncc1CNC(C)(C)C. The molecule has 110 valence electrons. The second-order valence-electron chi connectivity index (χ2n) is 6.48. The molecular weight excluding hydrogens is 234 g/mol. The van der Waals surface area contributed by atoms with E-state index in [4.69, 9.17) is 0 Å². The number of rotatable bonds is 8. The molecule has 0 aromatic carbocycles. The van der Waals surface area contributed by atoms with Crippen LogP contribution in [0.1, 0.15) is 78.5 Å². The van der Waals surface area contributed by atoms with Crippen LogP contribution in [-0.4, -0.2) is 15.1 Å². The molecule has 0 radical (unpaired) electrons. The third kappa shape index (κ3) is 5.77. The van der Waals surface area contributed by atoms with Crippen LogP contribution in [0, 0.1) is 0 Å². The Bertz CT molecular complexity index is 349. The van der Waals surface area contributed by atoms with Crippen LogP contribution in [0.3, 0.4) is 0 Å². The van der Waals surface area contributed by atoms with Crippen LogP contribution >= 0.6 is 0 Å².